The molecule has 3 unspecified atom stereocenters. The number of carbonyl (C=O) groups excluding carboxylic acids is 3. The highest BCUT2D eigenvalue weighted by Crippen LogP contribution is 2.34. The number of benzene rings is 2. The minimum atomic E-state index is -0.934. The van der Waals surface area contributed by atoms with E-state index < -0.39 is 18.0 Å². The van der Waals surface area contributed by atoms with Gasteiger partial charge in [0.2, 0.25) is 5.91 Å². The summed E-state index contributed by atoms with van der Waals surface area (Å²) < 4.78 is 10.9. The zero-order chi connectivity index (χ0) is 22.1. The van der Waals surface area contributed by atoms with Crippen molar-refractivity contribution in [2.75, 3.05) is 23.5 Å². The highest BCUT2D eigenvalue weighted by molar-refractivity contribution is 6.02. The van der Waals surface area contributed by atoms with Crippen molar-refractivity contribution < 1.29 is 23.9 Å². The van der Waals surface area contributed by atoms with E-state index in [9.17, 15) is 14.4 Å². The Hall–Kier alpha value is -3.35. The van der Waals surface area contributed by atoms with Crippen LogP contribution in [0, 0.1) is 5.92 Å². The van der Waals surface area contributed by atoms with Crippen LogP contribution >= 0.6 is 0 Å². The van der Waals surface area contributed by atoms with Crippen molar-refractivity contribution in [2.45, 2.75) is 38.8 Å². The molecule has 31 heavy (non-hydrogen) atoms. The molecule has 1 fully saturated rings. The topological polar surface area (TPSA) is 76.2 Å². The van der Waals surface area contributed by atoms with Crippen LogP contribution in [0.2, 0.25) is 0 Å². The van der Waals surface area contributed by atoms with E-state index in [1.54, 1.807) is 24.0 Å². The maximum Gasteiger partial charge on any atom is 0.312 e. The fourth-order valence-electron chi connectivity index (χ4n) is 4.37. The standard InChI is InChI=1S/C24H26N2O5/c1-15-12-17-8-4-5-9-19(17)26(15)23(28)16(2)31-24(29)18-13-22(27)25(14-18)20-10-6-7-11-21(20)30-3/h4-11,15-16,18H,12-14H2,1-3H3. The Morgan fingerprint density at radius 1 is 1.03 bits per heavy atom. The summed E-state index contributed by atoms with van der Waals surface area (Å²) in [5.74, 6) is -1.03. The molecule has 0 aliphatic carbocycles. The van der Waals surface area contributed by atoms with E-state index in [0.717, 1.165) is 17.7 Å². The summed E-state index contributed by atoms with van der Waals surface area (Å²) in [6.45, 7) is 3.76. The maximum atomic E-state index is 13.1. The van der Waals surface area contributed by atoms with E-state index >= 15 is 0 Å². The van der Waals surface area contributed by atoms with Crippen molar-refractivity contribution in [3.63, 3.8) is 0 Å². The van der Waals surface area contributed by atoms with E-state index in [-0.39, 0.29) is 30.8 Å². The number of methoxy groups -OCH3 is 1. The first-order valence-electron chi connectivity index (χ1n) is 10.5. The number of rotatable bonds is 5. The number of esters is 1. The van der Waals surface area contributed by atoms with E-state index in [0.29, 0.717) is 11.4 Å². The molecule has 2 amide bonds. The quantitative estimate of drug-likeness (QED) is 0.693. The van der Waals surface area contributed by atoms with Crippen LogP contribution in [0.25, 0.3) is 0 Å². The minimum absolute atomic E-state index is 0.000136. The summed E-state index contributed by atoms with van der Waals surface area (Å²) in [7, 11) is 1.54. The zero-order valence-electron chi connectivity index (χ0n) is 17.9. The van der Waals surface area contributed by atoms with E-state index in [2.05, 4.69) is 0 Å². The molecular weight excluding hydrogens is 396 g/mol. The van der Waals surface area contributed by atoms with Crippen molar-refractivity contribution >= 4 is 29.2 Å². The second kappa shape index (κ2) is 8.41. The first kappa shape index (κ1) is 20.9. The van der Waals surface area contributed by atoms with Gasteiger partial charge in [0, 0.05) is 24.7 Å². The van der Waals surface area contributed by atoms with Crippen molar-refractivity contribution in [2.24, 2.45) is 5.92 Å². The third kappa shape index (κ3) is 3.87. The summed E-state index contributed by atoms with van der Waals surface area (Å²) in [4.78, 5) is 41.6. The molecule has 0 N–H and O–H groups in total. The predicted octanol–water partition coefficient (Wildman–Crippen LogP) is 2.96. The molecule has 162 valence electrons. The number of carbonyl (C=O) groups is 3. The largest absolute Gasteiger partial charge is 0.495 e. The summed E-state index contributed by atoms with van der Waals surface area (Å²) in [5, 5.41) is 0. The summed E-state index contributed by atoms with van der Waals surface area (Å²) in [5.41, 5.74) is 2.59. The monoisotopic (exact) mass is 422 g/mol. The van der Waals surface area contributed by atoms with Gasteiger partial charge in [0.1, 0.15) is 5.75 Å². The Kier molecular flexibility index (Phi) is 5.67. The number of para-hydroxylation sites is 3. The molecular formula is C24H26N2O5. The molecule has 3 atom stereocenters. The Labute approximate surface area is 181 Å². The van der Waals surface area contributed by atoms with Gasteiger partial charge in [-0.25, -0.2) is 0 Å². The Morgan fingerprint density at radius 2 is 1.71 bits per heavy atom. The van der Waals surface area contributed by atoms with Crippen LogP contribution in [0.15, 0.2) is 48.5 Å². The lowest BCUT2D eigenvalue weighted by Crippen LogP contribution is -2.43. The number of nitrogens with zero attached hydrogens (tertiary/aromatic N) is 2. The average Bonchev–Trinajstić information content (AvgIpc) is 3.32. The maximum absolute atomic E-state index is 13.1. The molecule has 1 saturated heterocycles. The molecule has 2 aromatic rings. The van der Waals surface area contributed by atoms with Gasteiger partial charge in [-0.3, -0.25) is 14.4 Å². The van der Waals surface area contributed by atoms with E-state index in [4.69, 9.17) is 9.47 Å². The van der Waals surface area contributed by atoms with E-state index in [1.165, 1.54) is 12.0 Å². The molecule has 2 aliphatic heterocycles. The molecule has 0 radical (unpaired) electrons. The molecule has 0 saturated carbocycles. The fourth-order valence-corrected chi connectivity index (χ4v) is 4.37. The van der Waals surface area contributed by atoms with Crippen LogP contribution < -0.4 is 14.5 Å². The summed E-state index contributed by atoms with van der Waals surface area (Å²) >= 11 is 0. The van der Waals surface area contributed by atoms with Crippen LogP contribution in [-0.2, 0) is 25.5 Å². The molecule has 7 heteroatoms. The lowest BCUT2D eigenvalue weighted by Gasteiger charge is -2.26. The number of hydrogen-bond donors (Lipinski definition) is 0. The number of fused-ring (bicyclic) bond motifs is 1. The molecule has 2 heterocycles. The van der Waals surface area contributed by atoms with Crippen molar-refractivity contribution in [1.29, 1.82) is 0 Å². The summed E-state index contributed by atoms with van der Waals surface area (Å²) in [6.07, 6.45) is -0.120. The first-order valence-corrected chi connectivity index (χ1v) is 10.5. The fraction of sp³-hybridized carbons (Fsp3) is 0.375. The molecule has 0 spiro atoms. The third-order valence-corrected chi connectivity index (χ3v) is 5.92. The average molecular weight is 422 g/mol. The highest BCUT2D eigenvalue weighted by Gasteiger charge is 2.40. The molecule has 0 aromatic heterocycles. The van der Waals surface area contributed by atoms with Gasteiger partial charge in [-0.2, -0.15) is 0 Å². The number of hydrogen-bond acceptors (Lipinski definition) is 5. The predicted molar refractivity (Wildman–Crippen MR) is 116 cm³/mol. The van der Waals surface area contributed by atoms with Gasteiger partial charge in [0.05, 0.1) is 18.7 Å². The lowest BCUT2D eigenvalue weighted by atomic mass is 10.1. The number of amides is 2. The van der Waals surface area contributed by atoms with Crippen LogP contribution in [0.4, 0.5) is 11.4 Å². The zero-order valence-corrected chi connectivity index (χ0v) is 17.9. The third-order valence-electron chi connectivity index (χ3n) is 5.92. The SMILES string of the molecule is COc1ccccc1N1CC(C(=O)OC(C)C(=O)N2c3ccccc3CC2C)CC1=O. The molecule has 0 bridgehead atoms. The van der Waals surface area contributed by atoms with Crippen molar-refractivity contribution in [3.8, 4) is 5.75 Å². The second-order valence-electron chi connectivity index (χ2n) is 8.05. The van der Waals surface area contributed by atoms with Crippen molar-refractivity contribution in [3.05, 3.63) is 54.1 Å². The second-order valence-corrected chi connectivity index (χ2v) is 8.05. The van der Waals surface area contributed by atoms with Crippen LogP contribution in [0.3, 0.4) is 0 Å². The van der Waals surface area contributed by atoms with Crippen molar-refractivity contribution in [1.82, 2.24) is 0 Å². The van der Waals surface area contributed by atoms with Crippen LogP contribution in [-0.4, -0.2) is 43.6 Å². The number of anilines is 2. The molecule has 7 nitrogen and oxygen atoms in total. The number of ether oxygens (including phenoxy) is 2. The van der Waals surface area contributed by atoms with Gasteiger partial charge in [-0.05, 0) is 44.0 Å². The highest BCUT2D eigenvalue weighted by atomic mass is 16.5. The van der Waals surface area contributed by atoms with Gasteiger partial charge >= 0.3 is 5.97 Å². The van der Waals surface area contributed by atoms with Crippen LogP contribution in [0.1, 0.15) is 25.8 Å². The van der Waals surface area contributed by atoms with Gasteiger partial charge < -0.3 is 19.3 Å². The van der Waals surface area contributed by atoms with Gasteiger partial charge in [0.15, 0.2) is 6.10 Å². The van der Waals surface area contributed by atoms with Crippen LogP contribution in [0.5, 0.6) is 5.75 Å². The Morgan fingerprint density at radius 3 is 2.45 bits per heavy atom. The Bertz CT molecular complexity index is 1020. The smallest absolute Gasteiger partial charge is 0.312 e. The van der Waals surface area contributed by atoms with E-state index in [1.807, 2.05) is 43.3 Å². The summed E-state index contributed by atoms with van der Waals surface area (Å²) in [6, 6.07) is 14.9. The molecule has 2 aliphatic rings. The lowest BCUT2D eigenvalue weighted by molar-refractivity contribution is -0.157. The molecule has 2 aromatic carbocycles. The normalized spacial score (nSPS) is 21.1. The van der Waals surface area contributed by atoms with Gasteiger partial charge in [-0.15, -0.1) is 0 Å². The first-order chi connectivity index (χ1) is 14.9. The molecule has 4 rings (SSSR count). The minimum Gasteiger partial charge on any atom is -0.495 e. The van der Waals surface area contributed by atoms with Gasteiger partial charge in [0.25, 0.3) is 5.91 Å². The van der Waals surface area contributed by atoms with Gasteiger partial charge in [-0.1, -0.05) is 30.3 Å². The Balaban J connectivity index is 1.43.